The second-order valence-corrected chi connectivity index (χ2v) is 6.24. The molecule has 10 nitrogen and oxygen atoms in total. The molecular formula is C22H40O10. The summed E-state index contributed by atoms with van der Waals surface area (Å²) in [5.41, 5.74) is 0.373. The van der Waals surface area contributed by atoms with E-state index in [1.165, 1.54) is 6.26 Å². The van der Waals surface area contributed by atoms with Gasteiger partial charge in [0.1, 0.15) is 13.2 Å². The lowest BCUT2D eigenvalue weighted by Gasteiger charge is -2.08. The van der Waals surface area contributed by atoms with Gasteiger partial charge in [-0.1, -0.05) is 13.2 Å². The van der Waals surface area contributed by atoms with E-state index in [4.69, 9.17) is 42.6 Å². The van der Waals surface area contributed by atoms with E-state index in [9.17, 15) is 4.79 Å². The van der Waals surface area contributed by atoms with Crippen LogP contribution in [0.1, 0.15) is 6.92 Å². The lowest BCUT2D eigenvalue weighted by atomic mass is 10.4. The van der Waals surface area contributed by atoms with Crippen LogP contribution >= 0.6 is 0 Å². The van der Waals surface area contributed by atoms with Gasteiger partial charge in [0.15, 0.2) is 0 Å². The summed E-state index contributed by atoms with van der Waals surface area (Å²) in [6, 6.07) is 0. The molecule has 0 atom stereocenters. The molecule has 0 fully saturated rings. The lowest BCUT2D eigenvalue weighted by molar-refractivity contribution is -0.140. The first-order valence-corrected chi connectivity index (χ1v) is 10.8. The summed E-state index contributed by atoms with van der Waals surface area (Å²) in [4.78, 5) is 11.1. The predicted octanol–water partition coefficient (Wildman–Crippen LogP) is 1.38. The highest BCUT2D eigenvalue weighted by atomic mass is 16.6. The number of carbonyl (C=O) groups excluding carboxylic acids is 1. The largest absolute Gasteiger partial charge is 0.499 e. The van der Waals surface area contributed by atoms with Crippen LogP contribution in [-0.4, -0.2) is 112 Å². The van der Waals surface area contributed by atoms with Crippen molar-refractivity contribution in [3.63, 3.8) is 0 Å². The second-order valence-electron chi connectivity index (χ2n) is 6.24. The van der Waals surface area contributed by atoms with Crippen LogP contribution < -0.4 is 0 Å². The van der Waals surface area contributed by atoms with Gasteiger partial charge in [-0.3, -0.25) is 0 Å². The van der Waals surface area contributed by atoms with Gasteiger partial charge in [-0.25, -0.2) is 4.79 Å². The number of rotatable bonds is 26. The average molecular weight is 465 g/mol. The Balaban J connectivity index is 3.06. The highest BCUT2D eigenvalue weighted by Crippen LogP contribution is 1.91. The lowest BCUT2D eigenvalue weighted by Crippen LogP contribution is -2.15. The highest BCUT2D eigenvalue weighted by Gasteiger charge is 2.01. The van der Waals surface area contributed by atoms with E-state index in [0.29, 0.717) is 105 Å². The molecule has 32 heavy (non-hydrogen) atoms. The van der Waals surface area contributed by atoms with Gasteiger partial charge in [0.2, 0.25) is 0 Å². The topological polar surface area (TPSA) is 100 Å². The van der Waals surface area contributed by atoms with Gasteiger partial charge in [-0.15, -0.1) is 0 Å². The molecule has 0 amide bonds. The number of esters is 1. The van der Waals surface area contributed by atoms with Crippen LogP contribution in [-0.2, 0) is 47.4 Å². The molecule has 0 bridgehead atoms. The number of carbonyl (C=O) groups is 1. The first-order chi connectivity index (χ1) is 15.7. The molecule has 0 rings (SSSR count). The van der Waals surface area contributed by atoms with Crippen LogP contribution in [0.3, 0.4) is 0 Å². The van der Waals surface area contributed by atoms with Gasteiger partial charge in [-0.05, 0) is 6.92 Å². The normalized spacial score (nSPS) is 10.8. The maximum Gasteiger partial charge on any atom is 0.333 e. The van der Waals surface area contributed by atoms with Crippen LogP contribution in [0.5, 0.6) is 0 Å². The van der Waals surface area contributed by atoms with Gasteiger partial charge < -0.3 is 42.6 Å². The average Bonchev–Trinajstić information content (AvgIpc) is 2.78. The molecule has 0 radical (unpaired) electrons. The molecule has 0 aliphatic carbocycles. The van der Waals surface area contributed by atoms with E-state index < -0.39 is 5.97 Å². The minimum absolute atomic E-state index is 0.205. The molecule has 0 aromatic heterocycles. The molecule has 0 aliphatic heterocycles. The summed E-state index contributed by atoms with van der Waals surface area (Å²) in [6.45, 7) is 16.0. The van der Waals surface area contributed by atoms with E-state index in [1.807, 2.05) is 0 Å². The summed E-state index contributed by atoms with van der Waals surface area (Å²) < 4.78 is 47.3. The third kappa shape index (κ3) is 24.7. The molecule has 0 heterocycles. The Labute approximate surface area is 191 Å². The molecule has 0 aromatic rings. The zero-order valence-electron chi connectivity index (χ0n) is 19.4. The maximum absolute atomic E-state index is 11.1. The van der Waals surface area contributed by atoms with Gasteiger partial charge in [-0.2, -0.15) is 0 Å². The maximum atomic E-state index is 11.1. The standard InChI is InChI=1S/C22H40O10/c1-4-24-5-6-25-7-8-26-9-10-27-11-12-28-13-14-29-15-16-30-17-18-31-19-20-32-22(23)21(2)3/h4H,1-2,5-20H2,3H3. The summed E-state index contributed by atoms with van der Waals surface area (Å²) in [5, 5.41) is 0. The van der Waals surface area contributed by atoms with Crippen LogP contribution in [0, 0.1) is 0 Å². The SMILES string of the molecule is C=COCCOCCOCCOCCOCCOCCOCCOCCOC(=O)C(=C)C. The van der Waals surface area contributed by atoms with E-state index in [1.54, 1.807) is 6.92 Å². The van der Waals surface area contributed by atoms with E-state index in [2.05, 4.69) is 13.2 Å². The molecule has 188 valence electrons. The summed E-state index contributed by atoms with van der Waals surface area (Å²) in [5.74, 6) is -0.409. The minimum atomic E-state index is -0.409. The molecule has 0 N–H and O–H groups in total. The predicted molar refractivity (Wildman–Crippen MR) is 118 cm³/mol. The van der Waals surface area contributed by atoms with Crippen molar-refractivity contribution < 1.29 is 47.4 Å². The van der Waals surface area contributed by atoms with Crippen molar-refractivity contribution in [3.05, 3.63) is 25.0 Å². The molecular weight excluding hydrogens is 424 g/mol. The zero-order valence-corrected chi connectivity index (χ0v) is 19.4. The van der Waals surface area contributed by atoms with Gasteiger partial charge >= 0.3 is 5.97 Å². The zero-order chi connectivity index (χ0) is 23.5. The molecule has 0 saturated carbocycles. The third-order valence-corrected chi connectivity index (χ3v) is 3.50. The van der Waals surface area contributed by atoms with Crippen molar-refractivity contribution in [2.45, 2.75) is 6.92 Å². The monoisotopic (exact) mass is 464 g/mol. The smallest absolute Gasteiger partial charge is 0.333 e. The highest BCUT2D eigenvalue weighted by molar-refractivity contribution is 5.86. The number of hydrogen-bond donors (Lipinski definition) is 0. The Bertz CT molecular complexity index is 444. The summed E-state index contributed by atoms with van der Waals surface area (Å²) >= 11 is 0. The Morgan fingerprint density at radius 3 is 1.12 bits per heavy atom. The van der Waals surface area contributed by atoms with Crippen LogP contribution in [0.25, 0.3) is 0 Å². The number of hydrogen-bond acceptors (Lipinski definition) is 10. The molecule has 10 heteroatoms. The van der Waals surface area contributed by atoms with Gasteiger partial charge in [0.25, 0.3) is 0 Å². The Hall–Kier alpha value is -1.53. The third-order valence-electron chi connectivity index (χ3n) is 3.50. The molecule has 0 aromatic carbocycles. The fourth-order valence-electron chi connectivity index (χ4n) is 1.93. The fraction of sp³-hybridized carbons (Fsp3) is 0.773. The van der Waals surface area contributed by atoms with Crippen LogP contribution in [0.2, 0.25) is 0 Å². The van der Waals surface area contributed by atoms with Crippen LogP contribution in [0.4, 0.5) is 0 Å². The fourth-order valence-corrected chi connectivity index (χ4v) is 1.93. The van der Waals surface area contributed by atoms with E-state index >= 15 is 0 Å². The first-order valence-electron chi connectivity index (χ1n) is 10.8. The van der Waals surface area contributed by atoms with E-state index in [0.717, 1.165) is 0 Å². The Morgan fingerprint density at radius 1 is 0.562 bits per heavy atom. The first kappa shape index (κ1) is 30.5. The summed E-state index contributed by atoms with van der Waals surface area (Å²) in [6.07, 6.45) is 1.39. The molecule has 0 unspecified atom stereocenters. The van der Waals surface area contributed by atoms with Crippen molar-refractivity contribution in [1.29, 1.82) is 0 Å². The molecule has 0 saturated heterocycles. The second kappa shape index (κ2) is 25.7. The summed E-state index contributed by atoms with van der Waals surface area (Å²) in [7, 11) is 0. The van der Waals surface area contributed by atoms with Crippen molar-refractivity contribution in [2.24, 2.45) is 0 Å². The minimum Gasteiger partial charge on any atom is -0.499 e. The van der Waals surface area contributed by atoms with Gasteiger partial charge in [0, 0.05) is 5.57 Å². The molecule has 0 spiro atoms. The quantitative estimate of drug-likeness (QED) is 0.0808. The van der Waals surface area contributed by atoms with Crippen molar-refractivity contribution in [2.75, 3.05) is 106 Å². The van der Waals surface area contributed by atoms with Crippen molar-refractivity contribution >= 4 is 5.97 Å². The van der Waals surface area contributed by atoms with Gasteiger partial charge in [0.05, 0.1) is 98.8 Å². The van der Waals surface area contributed by atoms with Crippen LogP contribution in [0.15, 0.2) is 25.0 Å². The Morgan fingerprint density at radius 2 is 0.844 bits per heavy atom. The van der Waals surface area contributed by atoms with Crippen molar-refractivity contribution in [1.82, 2.24) is 0 Å². The van der Waals surface area contributed by atoms with E-state index in [-0.39, 0.29) is 6.61 Å². The molecule has 0 aliphatic rings. The van der Waals surface area contributed by atoms with Crippen molar-refractivity contribution in [3.8, 4) is 0 Å². The number of ether oxygens (including phenoxy) is 9. The Kier molecular flexibility index (Phi) is 24.5.